The van der Waals surface area contributed by atoms with E-state index < -0.39 is 34.4 Å². The van der Waals surface area contributed by atoms with Gasteiger partial charge in [0.25, 0.3) is 0 Å². The third kappa shape index (κ3) is 2.62. The second kappa shape index (κ2) is 3.72. The molecule has 0 bridgehead atoms. The first-order valence-electron chi connectivity index (χ1n) is 3.60. The molecule has 88 valence electrons. The van der Waals surface area contributed by atoms with Crippen molar-refractivity contribution in [1.29, 1.82) is 0 Å². The van der Waals surface area contributed by atoms with E-state index in [0.29, 0.717) is 6.07 Å². The molecule has 1 rings (SSSR count). The van der Waals surface area contributed by atoms with E-state index in [9.17, 15) is 23.3 Å². The van der Waals surface area contributed by atoms with Crippen LogP contribution in [-0.2, 0) is 0 Å². The average molecular weight is 239 g/mol. The zero-order valence-corrected chi connectivity index (χ0v) is 7.35. The van der Waals surface area contributed by atoms with Gasteiger partial charge in [-0.15, -0.1) is 13.2 Å². The number of nitro groups is 1. The van der Waals surface area contributed by atoms with Crippen LogP contribution in [0.3, 0.4) is 0 Å². The number of hydrogen-bond acceptors (Lipinski definition) is 6. The molecule has 0 unspecified atom stereocenters. The molecule has 1 aromatic rings. The molecule has 0 saturated carbocycles. The lowest BCUT2D eigenvalue weighted by molar-refractivity contribution is -0.386. The van der Waals surface area contributed by atoms with Gasteiger partial charge in [0.05, 0.1) is 11.0 Å². The quantitative estimate of drug-likeness (QED) is 0.591. The van der Waals surface area contributed by atoms with Gasteiger partial charge in [-0.2, -0.15) is 4.98 Å². The molecule has 3 N–H and O–H groups in total. The van der Waals surface area contributed by atoms with Crippen molar-refractivity contribution in [3.05, 3.63) is 16.2 Å². The number of anilines is 1. The predicted molar refractivity (Wildman–Crippen MR) is 43.7 cm³/mol. The van der Waals surface area contributed by atoms with Crippen LogP contribution in [0.5, 0.6) is 11.6 Å². The van der Waals surface area contributed by atoms with Gasteiger partial charge in [-0.25, -0.2) is 0 Å². The number of pyridine rings is 1. The summed E-state index contributed by atoms with van der Waals surface area (Å²) in [7, 11) is 0. The predicted octanol–water partition coefficient (Wildman–Crippen LogP) is 1.18. The number of halogens is 3. The minimum atomic E-state index is -5.05. The molecule has 0 aliphatic rings. The molecule has 0 amide bonds. The van der Waals surface area contributed by atoms with Crippen LogP contribution >= 0.6 is 0 Å². The highest BCUT2D eigenvalue weighted by molar-refractivity contribution is 5.60. The number of rotatable bonds is 2. The van der Waals surface area contributed by atoms with Crippen LogP contribution in [0, 0.1) is 10.1 Å². The van der Waals surface area contributed by atoms with Gasteiger partial charge >= 0.3 is 12.0 Å². The highest BCUT2D eigenvalue weighted by Gasteiger charge is 2.33. The van der Waals surface area contributed by atoms with Crippen LogP contribution in [0.2, 0.25) is 0 Å². The zero-order chi connectivity index (χ0) is 12.5. The molecule has 0 atom stereocenters. The number of aromatic hydroxyl groups is 1. The Kier molecular flexibility index (Phi) is 2.74. The van der Waals surface area contributed by atoms with E-state index in [1.54, 1.807) is 0 Å². The molecular formula is C6H4F3N3O4. The van der Waals surface area contributed by atoms with Crippen molar-refractivity contribution >= 4 is 11.5 Å². The summed E-state index contributed by atoms with van der Waals surface area (Å²) in [5.41, 5.74) is 3.94. The Balaban J connectivity index is 3.19. The highest BCUT2D eigenvalue weighted by Crippen LogP contribution is 2.34. The van der Waals surface area contributed by atoms with Crippen molar-refractivity contribution in [3.8, 4) is 11.6 Å². The standard InChI is InChI=1S/C6H4F3N3O4/c7-6(8,9)16-3-1-2(12(14)15)4(13)5(10)11-3/h1,13H,(H2,10,11). The van der Waals surface area contributed by atoms with Crippen molar-refractivity contribution < 1.29 is 27.9 Å². The number of ether oxygens (including phenoxy) is 1. The molecule has 0 aromatic carbocycles. The van der Waals surface area contributed by atoms with Crippen LogP contribution in [0.4, 0.5) is 24.7 Å². The first-order chi connectivity index (χ1) is 7.20. The minimum Gasteiger partial charge on any atom is -0.500 e. The van der Waals surface area contributed by atoms with E-state index in [2.05, 4.69) is 9.72 Å². The van der Waals surface area contributed by atoms with Crippen LogP contribution in [-0.4, -0.2) is 21.4 Å². The second-order valence-electron chi connectivity index (χ2n) is 2.52. The van der Waals surface area contributed by atoms with Crippen molar-refractivity contribution in [2.45, 2.75) is 6.36 Å². The average Bonchev–Trinajstić information content (AvgIpc) is 2.07. The lowest BCUT2D eigenvalue weighted by atomic mass is 10.3. The van der Waals surface area contributed by atoms with E-state index in [-0.39, 0.29) is 0 Å². The summed E-state index contributed by atoms with van der Waals surface area (Å²) in [5, 5.41) is 19.3. The first-order valence-corrected chi connectivity index (χ1v) is 3.60. The molecule has 7 nitrogen and oxygen atoms in total. The normalized spacial score (nSPS) is 11.2. The maximum atomic E-state index is 11.8. The zero-order valence-electron chi connectivity index (χ0n) is 7.35. The Morgan fingerprint density at radius 3 is 2.56 bits per heavy atom. The van der Waals surface area contributed by atoms with Gasteiger partial charge in [0.15, 0.2) is 5.82 Å². The maximum absolute atomic E-state index is 11.8. The third-order valence-corrected chi connectivity index (χ3v) is 1.39. The van der Waals surface area contributed by atoms with Crippen LogP contribution in [0.1, 0.15) is 0 Å². The van der Waals surface area contributed by atoms with E-state index >= 15 is 0 Å². The summed E-state index contributed by atoms with van der Waals surface area (Å²) in [4.78, 5) is 12.2. The van der Waals surface area contributed by atoms with Gasteiger partial charge in [-0.1, -0.05) is 0 Å². The molecule has 0 fully saturated rings. The number of aromatic nitrogens is 1. The smallest absolute Gasteiger partial charge is 0.500 e. The van der Waals surface area contributed by atoms with Crippen molar-refractivity contribution in [3.63, 3.8) is 0 Å². The fourth-order valence-corrected chi connectivity index (χ4v) is 0.831. The van der Waals surface area contributed by atoms with Gasteiger partial charge in [0.2, 0.25) is 11.6 Å². The second-order valence-corrected chi connectivity index (χ2v) is 2.52. The van der Waals surface area contributed by atoms with Crippen LogP contribution < -0.4 is 10.5 Å². The van der Waals surface area contributed by atoms with E-state index in [4.69, 9.17) is 10.8 Å². The molecule has 16 heavy (non-hydrogen) atoms. The molecule has 10 heteroatoms. The van der Waals surface area contributed by atoms with Crippen molar-refractivity contribution in [2.75, 3.05) is 5.73 Å². The van der Waals surface area contributed by atoms with E-state index in [1.165, 1.54) is 0 Å². The fourth-order valence-electron chi connectivity index (χ4n) is 0.831. The minimum absolute atomic E-state index is 0.319. The number of nitrogens with two attached hydrogens (primary N) is 1. The molecule has 0 saturated heterocycles. The van der Waals surface area contributed by atoms with Crippen LogP contribution in [0.25, 0.3) is 0 Å². The molecule has 0 spiro atoms. The summed E-state index contributed by atoms with van der Waals surface area (Å²) in [5.74, 6) is -2.96. The Labute approximate surface area is 85.4 Å². The number of nitrogens with zero attached hydrogens (tertiary/aromatic N) is 2. The largest absolute Gasteiger partial charge is 0.574 e. The Hall–Kier alpha value is -2.26. The number of hydrogen-bond donors (Lipinski definition) is 2. The fraction of sp³-hybridized carbons (Fsp3) is 0.167. The highest BCUT2D eigenvalue weighted by atomic mass is 19.4. The molecule has 0 aliphatic heterocycles. The lowest BCUT2D eigenvalue weighted by Gasteiger charge is -2.08. The van der Waals surface area contributed by atoms with E-state index in [1.807, 2.05) is 0 Å². The monoisotopic (exact) mass is 239 g/mol. The summed E-state index contributed by atoms with van der Waals surface area (Å²) in [6.45, 7) is 0. The first kappa shape index (κ1) is 11.8. The van der Waals surface area contributed by atoms with Gasteiger partial charge in [-0.05, 0) is 0 Å². The maximum Gasteiger partial charge on any atom is 0.574 e. The summed E-state index contributed by atoms with van der Waals surface area (Å²) < 4.78 is 38.6. The van der Waals surface area contributed by atoms with Crippen LogP contribution in [0.15, 0.2) is 6.07 Å². The van der Waals surface area contributed by atoms with Gasteiger partial charge in [0.1, 0.15) is 0 Å². The molecule has 0 radical (unpaired) electrons. The van der Waals surface area contributed by atoms with Gasteiger partial charge in [0, 0.05) is 0 Å². The summed E-state index contributed by atoms with van der Waals surface area (Å²) >= 11 is 0. The Bertz CT molecular complexity index is 434. The third-order valence-electron chi connectivity index (χ3n) is 1.39. The lowest BCUT2D eigenvalue weighted by Crippen LogP contribution is -2.18. The van der Waals surface area contributed by atoms with Crippen molar-refractivity contribution in [2.24, 2.45) is 0 Å². The molecule has 0 aliphatic carbocycles. The topological polar surface area (TPSA) is 112 Å². The summed E-state index contributed by atoms with van der Waals surface area (Å²) in [6, 6.07) is 0.319. The van der Waals surface area contributed by atoms with Crippen molar-refractivity contribution in [1.82, 2.24) is 4.98 Å². The Morgan fingerprint density at radius 2 is 2.12 bits per heavy atom. The van der Waals surface area contributed by atoms with Gasteiger partial charge < -0.3 is 15.6 Å². The van der Waals surface area contributed by atoms with E-state index in [0.717, 1.165) is 0 Å². The SMILES string of the molecule is Nc1nc(OC(F)(F)F)cc([N+](=O)[O-])c1O. The molecule has 1 aromatic heterocycles. The number of alkyl halides is 3. The molecular weight excluding hydrogens is 235 g/mol. The summed E-state index contributed by atoms with van der Waals surface area (Å²) in [6.07, 6.45) is -5.05. The van der Waals surface area contributed by atoms with Gasteiger partial charge in [-0.3, -0.25) is 10.1 Å². The Morgan fingerprint density at radius 1 is 1.56 bits per heavy atom. The molecule has 1 heterocycles. The number of nitrogen functional groups attached to an aromatic ring is 1.